The molecule has 104 heavy (non-hydrogen) atoms. The van der Waals surface area contributed by atoms with E-state index in [-0.39, 0.29) is 12.1 Å². The molecule has 0 N–H and O–H groups in total. The zero-order chi connectivity index (χ0) is 69.2. The van der Waals surface area contributed by atoms with E-state index in [0.717, 1.165) is 101 Å². The van der Waals surface area contributed by atoms with Gasteiger partial charge in [-0.3, -0.25) is 0 Å². The summed E-state index contributed by atoms with van der Waals surface area (Å²) in [5.41, 5.74) is 31.4. The number of benzene rings is 17. The molecule has 0 atom stereocenters. The number of anilines is 6. The molecule has 17 aromatic carbocycles. The smallest absolute Gasteiger partial charge is 0.252 e. The number of hydrogen-bond donors (Lipinski definition) is 0. The maximum Gasteiger partial charge on any atom is 0.252 e. The van der Waals surface area contributed by atoms with Gasteiger partial charge in [-0.2, -0.15) is 0 Å². The molecule has 0 unspecified atom stereocenters. The molecule has 0 fully saturated rings. The summed E-state index contributed by atoms with van der Waals surface area (Å²) in [5, 5.41) is 12.8. The summed E-state index contributed by atoms with van der Waals surface area (Å²) in [5.74, 6) is 0.373. The summed E-state index contributed by atoms with van der Waals surface area (Å²) in [4.78, 5) is 5.42. The van der Waals surface area contributed by atoms with Gasteiger partial charge >= 0.3 is 0 Å². The van der Waals surface area contributed by atoms with Crippen molar-refractivity contribution in [2.24, 2.45) is 0 Å². The van der Waals surface area contributed by atoms with Crippen LogP contribution in [0.2, 0.25) is 0 Å². The number of para-hydroxylation sites is 4. The van der Waals surface area contributed by atoms with Crippen LogP contribution in [0.3, 0.4) is 0 Å². The summed E-state index contributed by atoms with van der Waals surface area (Å²) in [6.07, 6.45) is 0. The Morgan fingerprint density at radius 3 is 1.13 bits per heavy atom. The molecule has 2 aliphatic rings. The summed E-state index contributed by atoms with van der Waals surface area (Å²) < 4.78 is 5.08. The topological polar surface area (TPSA) is 16.3 Å². The molecule has 0 bridgehead atoms. The Morgan fingerprint density at radius 2 is 0.683 bits per heavy atom. The van der Waals surface area contributed by atoms with Crippen LogP contribution in [0.4, 0.5) is 34.1 Å². The Bertz CT molecular complexity index is 6500. The number of nitrogens with zero attached hydrogens (tertiary/aromatic N) is 4. The van der Waals surface area contributed by atoms with Gasteiger partial charge in [-0.05, 0) is 165 Å². The van der Waals surface area contributed by atoms with E-state index in [9.17, 15) is 0 Å². The van der Waals surface area contributed by atoms with Gasteiger partial charge in [-0.25, -0.2) is 0 Å². The molecule has 0 spiro atoms. The average Bonchev–Trinajstić information content (AvgIpc) is 0.852. The lowest BCUT2D eigenvalue weighted by Gasteiger charge is -2.46. The molecular weight excluding hydrogens is 1260 g/mol. The largest absolute Gasteiger partial charge is 0.310 e. The quantitative estimate of drug-likeness (QED) is 0.0771. The lowest BCUT2D eigenvalue weighted by atomic mass is 9.33. The maximum absolute atomic E-state index is 2.72. The summed E-state index contributed by atoms with van der Waals surface area (Å²) in [7, 11) is 0. The van der Waals surface area contributed by atoms with E-state index in [0.29, 0.717) is 5.92 Å². The standard InChI is InChI=1S/C99H71BN4/c1-61(2)62-41-43-66(44-42-62)76-35-21-33-74(64-25-11-7-12-26-64)97(76)103-88-59-72(101-84-39-17-15-31-78(84)79-32-16-18-40-85(79)101)51-53-82(88)100-83-54-52-73(102-86-55-47-68-29-19-37-80-81-38-20-30-69-48-56-87(102)95(93(69)81)94(86)92(68)80)60-89(83)104(91-58-70(57-90(103)96(91)100)63-23-9-6-10-24-63)98-75(65-27-13-8-14-28-65)34-22-36-77(98)67-45-49-71(50-46-67)99(3,4)5/h6-61H,1-5H3. The summed E-state index contributed by atoms with van der Waals surface area (Å²) in [6.45, 7) is 11.3. The van der Waals surface area contributed by atoms with Crippen LogP contribution in [0.1, 0.15) is 51.7 Å². The first-order valence-corrected chi connectivity index (χ1v) is 36.7. The third-order valence-corrected chi connectivity index (χ3v) is 23.0. The molecule has 0 saturated heterocycles. The van der Waals surface area contributed by atoms with E-state index >= 15 is 0 Å². The van der Waals surface area contributed by atoms with Crippen molar-refractivity contribution in [1.82, 2.24) is 9.13 Å². The van der Waals surface area contributed by atoms with Gasteiger partial charge in [-0.15, -0.1) is 0 Å². The Kier molecular flexibility index (Phi) is 13.2. The fourth-order valence-corrected chi connectivity index (χ4v) is 18.1. The van der Waals surface area contributed by atoms with E-state index in [4.69, 9.17) is 0 Å². The highest BCUT2D eigenvalue weighted by Gasteiger charge is 2.46. The minimum atomic E-state index is -0.252. The van der Waals surface area contributed by atoms with Crippen LogP contribution < -0.4 is 26.2 Å². The lowest BCUT2D eigenvalue weighted by Crippen LogP contribution is -2.61. The Morgan fingerprint density at radius 1 is 0.288 bits per heavy atom. The van der Waals surface area contributed by atoms with Crippen LogP contribution in [-0.2, 0) is 5.41 Å². The molecule has 0 radical (unpaired) electrons. The fraction of sp³-hybridized carbons (Fsp3) is 0.0707. The van der Waals surface area contributed by atoms with Gasteiger partial charge in [0.25, 0.3) is 6.71 Å². The van der Waals surface area contributed by atoms with Gasteiger partial charge in [0.05, 0.1) is 33.4 Å². The third kappa shape index (κ3) is 8.93. The van der Waals surface area contributed by atoms with Gasteiger partial charge in [-0.1, -0.05) is 308 Å². The molecular formula is C99H71BN4. The summed E-state index contributed by atoms with van der Waals surface area (Å²) in [6, 6.07) is 127. The molecule has 0 amide bonds. The van der Waals surface area contributed by atoms with Crippen LogP contribution >= 0.6 is 0 Å². The average molecular weight is 1330 g/mol. The predicted octanol–water partition coefficient (Wildman–Crippen LogP) is 25.1. The Hall–Kier alpha value is -12.7. The molecule has 4 heterocycles. The molecule has 5 heteroatoms. The van der Waals surface area contributed by atoms with Gasteiger partial charge in [0.2, 0.25) is 0 Å². The molecule has 0 saturated carbocycles. The molecule has 0 aliphatic carbocycles. The van der Waals surface area contributed by atoms with Crippen molar-refractivity contribution < 1.29 is 0 Å². The number of aromatic nitrogens is 2. The second-order valence-electron chi connectivity index (χ2n) is 30.1. The number of rotatable bonds is 10. The number of hydrogen-bond acceptors (Lipinski definition) is 2. The molecule has 19 aromatic rings. The van der Waals surface area contributed by atoms with Crippen molar-refractivity contribution in [2.75, 3.05) is 9.80 Å². The van der Waals surface area contributed by atoms with E-state index in [1.807, 2.05) is 0 Å². The van der Waals surface area contributed by atoms with Crippen LogP contribution in [0, 0.1) is 0 Å². The van der Waals surface area contributed by atoms with Crippen molar-refractivity contribution in [1.29, 1.82) is 0 Å². The highest BCUT2D eigenvalue weighted by atomic mass is 15.2. The van der Waals surface area contributed by atoms with Gasteiger partial charge < -0.3 is 18.9 Å². The van der Waals surface area contributed by atoms with E-state index in [2.05, 4.69) is 387 Å². The lowest BCUT2D eigenvalue weighted by molar-refractivity contribution is 0.590. The minimum absolute atomic E-state index is 0.0433. The molecule has 2 aliphatic heterocycles. The minimum Gasteiger partial charge on any atom is -0.310 e. The fourth-order valence-electron chi connectivity index (χ4n) is 18.1. The molecule has 490 valence electrons. The first-order chi connectivity index (χ1) is 51.1. The van der Waals surface area contributed by atoms with Crippen molar-refractivity contribution >= 4 is 133 Å². The van der Waals surface area contributed by atoms with Crippen LogP contribution in [0.25, 0.3) is 143 Å². The van der Waals surface area contributed by atoms with Crippen molar-refractivity contribution in [3.63, 3.8) is 0 Å². The predicted molar refractivity (Wildman–Crippen MR) is 444 cm³/mol. The van der Waals surface area contributed by atoms with Crippen molar-refractivity contribution in [3.05, 3.63) is 345 Å². The monoisotopic (exact) mass is 1330 g/mol. The van der Waals surface area contributed by atoms with E-state index < -0.39 is 0 Å². The third-order valence-electron chi connectivity index (χ3n) is 23.0. The number of fused-ring (bicyclic) bond motifs is 8. The second kappa shape index (κ2) is 22.9. The highest BCUT2D eigenvalue weighted by molar-refractivity contribution is 7.00. The van der Waals surface area contributed by atoms with Crippen molar-refractivity contribution in [2.45, 2.75) is 46.0 Å². The molecule has 2 aromatic heterocycles. The van der Waals surface area contributed by atoms with Gasteiger partial charge in [0.1, 0.15) is 0 Å². The van der Waals surface area contributed by atoms with Crippen molar-refractivity contribution in [3.8, 4) is 67.0 Å². The van der Waals surface area contributed by atoms with Crippen LogP contribution in [0.5, 0.6) is 0 Å². The van der Waals surface area contributed by atoms with E-state index in [1.54, 1.807) is 0 Å². The van der Waals surface area contributed by atoms with Gasteiger partial charge in [0, 0.05) is 77.9 Å². The zero-order valence-electron chi connectivity index (χ0n) is 58.7. The molecule has 4 nitrogen and oxygen atoms in total. The van der Waals surface area contributed by atoms with Gasteiger partial charge in [0.15, 0.2) is 0 Å². The van der Waals surface area contributed by atoms with Crippen LogP contribution in [-0.4, -0.2) is 15.8 Å². The van der Waals surface area contributed by atoms with E-state index in [1.165, 1.54) is 103 Å². The SMILES string of the molecule is CC(C)c1ccc(-c2cccc(-c3ccccc3)c2N2c3cc(-n4c5ccccc5c5ccccc54)ccc3B3c4ccc(-n5c6ccc7cccc8c9cccc%10ccc5c(c%109)c6c78)cc4N(c4c(-c5ccccc5)cccc4-c4ccc(C(C)(C)C)cc4)c4cc(-c5ccccc5)cc2c43)cc1. The first-order valence-electron chi connectivity index (χ1n) is 36.7. The Labute approximate surface area is 606 Å². The highest BCUT2D eigenvalue weighted by Crippen LogP contribution is 2.56. The zero-order valence-corrected chi connectivity index (χ0v) is 58.7. The Balaban J connectivity index is 0.930. The second-order valence-corrected chi connectivity index (χ2v) is 30.1. The summed E-state index contributed by atoms with van der Waals surface area (Å²) >= 11 is 0. The first kappa shape index (κ1) is 60.1. The normalized spacial score (nSPS) is 12.9. The molecule has 21 rings (SSSR count). The van der Waals surface area contributed by atoms with Crippen LogP contribution in [0.15, 0.2) is 334 Å². The maximum atomic E-state index is 2.72.